The summed E-state index contributed by atoms with van der Waals surface area (Å²) in [5, 5.41) is 7.45. The van der Waals surface area contributed by atoms with Gasteiger partial charge in [-0.25, -0.2) is 9.48 Å². The van der Waals surface area contributed by atoms with E-state index in [4.69, 9.17) is 4.74 Å². The van der Waals surface area contributed by atoms with Crippen molar-refractivity contribution in [1.29, 1.82) is 0 Å². The second kappa shape index (κ2) is 11.9. The van der Waals surface area contributed by atoms with Gasteiger partial charge >= 0.3 is 5.97 Å². The van der Waals surface area contributed by atoms with Gasteiger partial charge in [-0.3, -0.25) is 9.59 Å². The van der Waals surface area contributed by atoms with E-state index in [2.05, 4.69) is 10.4 Å². The first-order valence-corrected chi connectivity index (χ1v) is 12.4. The van der Waals surface area contributed by atoms with Gasteiger partial charge in [-0.1, -0.05) is 74.0 Å². The summed E-state index contributed by atoms with van der Waals surface area (Å²) in [5.74, 6) is -0.964. The van der Waals surface area contributed by atoms with Crippen LogP contribution in [0.4, 0.5) is 5.69 Å². The minimum Gasteiger partial charge on any atom is -0.462 e. The van der Waals surface area contributed by atoms with Crippen LogP contribution in [0.5, 0.6) is 0 Å². The number of ether oxygens (including phenoxy) is 1. The number of hydrogen-bond donors (Lipinski definition) is 1. The first-order chi connectivity index (χ1) is 18.0. The first-order valence-electron chi connectivity index (χ1n) is 12.4. The lowest BCUT2D eigenvalue weighted by molar-refractivity contribution is 0.0499. The van der Waals surface area contributed by atoms with Crippen LogP contribution in [0.1, 0.15) is 47.4 Å². The Morgan fingerprint density at radius 3 is 2.08 bits per heavy atom. The van der Waals surface area contributed by atoms with Gasteiger partial charge in [0.25, 0.3) is 11.5 Å². The second-order valence-corrected chi connectivity index (χ2v) is 8.47. The number of rotatable bonds is 9. The van der Waals surface area contributed by atoms with Crippen LogP contribution in [-0.2, 0) is 11.3 Å². The van der Waals surface area contributed by atoms with E-state index >= 15 is 0 Å². The maximum absolute atomic E-state index is 13.6. The van der Waals surface area contributed by atoms with Crippen LogP contribution in [-0.4, -0.2) is 28.3 Å². The number of nitrogens with zero attached hydrogens (tertiary/aromatic N) is 2. The molecule has 1 N–H and O–H groups in total. The zero-order valence-corrected chi connectivity index (χ0v) is 20.9. The molecule has 4 rings (SSSR count). The molecule has 3 aromatic carbocycles. The van der Waals surface area contributed by atoms with Crippen LogP contribution >= 0.6 is 0 Å². The van der Waals surface area contributed by atoms with Gasteiger partial charge in [0.2, 0.25) is 0 Å². The van der Waals surface area contributed by atoms with Crippen molar-refractivity contribution in [3.8, 4) is 22.4 Å². The molecule has 0 saturated heterocycles. The number of aromatic nitrogens is 2. The zero-order chi connectivity index (χ0) is 26.2. The number of benzene rings is 3. The van der Waals surface area contributed by atoms with Crippen molar-refractivity contribution in [3.63, 3.8) is 0 Å². The van der Waals surface area contributed by atoms with E-state index in [0.29, 0.717) is 41.2 Å². The second-order valence-electron chi connectivity index (χ2n) is 8.47. The van der Waals surface area contributed by atoms with Crippen molar-refractivity contribution in [2.24, 2.45) is 0 Å². The predicted molar refractivity (Wildman–Crippen MR) is 145 cm³/mol. The minimum absolute atomic E-state index is 0.00459. The highest BCUT2D eigenvalue weighted by molar-refractivity contribution is 6.10. The third-order valence-corrected chi connectivity index (χ3v) is 5.90. The molecule has 0 bridgehead atoms. The molecule has 0 atom stereocenters. The number of unbranched alkanes of at least 4 members (excludes halogenated alkanes) is 1. The number of aryl methyl sites for hydroxylation is 1. The lowest BCUT2D eigenvalue weighted by Gasteiger charge is -2.17. The van der Waals surface area contributed by atoms with Crippen LogP contribution in [0.25, 0.3) is 22.4 Å². The highest BCUT2D eigenvalue weighted by atomic mass is 16.5. The molecule has 0 unspecified atom stereocenters. The summed E-state index contributed by atoms with van der Waals surface area (Å²) in [7, 11) is 0. The topological polar surface area (TPSA) is 90.3 Å². The molecule has 188 valence electrons. The summed E-state index contributed by atoms with van der Waals surface area (Å²) in [6.45, 7) is 4.51. The molecule has 0 aliphatic rings. The quantitative estimate of drug-likeness (QED) is 0.234. The fourth-order valence-corrected chi connectivity index (χ4v) is 3.96. The molecular formula is C30H29N3O4. The Balaban J connectivity index is 1.75. The van der Waals surface area contributed by atoms with Crippen molar-refractivity contribution in [2.45, 2.75) is 33.2 Å². The Morgan fingerprint density at radius 1 is 0.865 bits per heavy atom. The standard InChI is InChI=1S/C30H29N3O4/c1-3-5-20-37-30(36)23-16-18-24(19-17-23)31-28(34)26-25(21-12-8-6-9-13-21)27(22-14-10-7-11-15-22)32-33(4-2)29(26)35/h6-19H,3-5,20H2,1-2H3,(H,31,34). The van der Waals surface area contributed by atoms with Gasteiger partial charge in [0.05, 0.1) is 17.9 Å². The van der Waals surface area contributed by atoms with Crippen LogP contribution in [0.3, 0.4) is 0 Å². The van der Waals surface area contributed by atoms with Gasteiger partial charge in [0.1, 0.15) is 5.56 Å². The van der Waals surface area contributed by atoms with Crippen LogP contribution in [0, 0.1) is 0 Å². The molecule has 0 saturated carbocycles. The maximum Gasteiger partial charge on any atom is 0.338 e. The average Bonchev–Trinajstić information content (AvgIpc) is 2.94. The highest BCUT2D eigenvalue weighted by Crippen LogP contribution is 2.32. The Morgan fingerprint density at radius 2 is 1.49 bits per heavy atom. The Labute approximate surface area is 215 Å². The third kappa shape index (κ3) is 5.83. The van der Waals surface area contributed by atoms with Crippen LogP contribution in [0.15, 0.2) is 89.7 Å². The number of carbonyl (C=O) groups is 2. The van der Waals surface area contributed by atoms with Gasteiger partial charge in [-0.15, -0.1) is 0 Å². The predicted octanol–water partition coefficient (Wildman–Crippen LogP) is 5.81. The average molecular weight is 496 g/mol. The fourth-order valence-electron chi connectivity index (χ4n) is 3.96. The van der Waals surface area contributed by atoms with E-state index in [9.17, 15) is 14.4 Å². The van der Waals surface area contributed by atoms with Gasteiger partial charge in [0.15, 0.2) is 0 Å². The summed E-state index contributed by atoms with van der Waals surface area (Å²) >= 11 is 0. The molecule has 37 heavy (non-hydrogen) atoms. The number of amides is 1. The molecule has 1 aromatic heterocycles. The monoisotopic (exact) mass is 495 g/mol. The zero-order valence-electron chi connectivity index (χ0n) is 20.9. The molecule has 1 heterocycles. The van der Waals surface area contributed by atoms with E-state index < -0.39 is 17.4 Å². The summed E-state index contributed by atoms with van der Waals surface area (Å²) < 4.78 is 6.55. The fraction of sp³-hybridized carbons (Fsp3) is 0.200. The van der Waals surface area contributed by atoms with Gasteiger partial charge < -0.3 is 10.1 Å². The molecule has 0 fully saturated rings. The Kier molecular flexibility index (Phi) is 8.26. The molecule has 1 amide bonds. The van der Waals surface area contributed by atoms with E-state index in [1.165, 1.54) is 4.68 Å². The molecule has 7 nitrogen and oxygen atoms in total. The molecule has 7 heteroatoms. The molecular weight excluding hydrogens is 466 g/mol. The van der Waals surface area contributed by atoms with Gasteiger partial charge in [-0.05, 0) is 43.2 Å². The molecule has 0 radical (unpaired) electrons. The van der Waals surface area contributed by atoms with Gasteiger partial charge in [0, 0.05) is 23.4 Å². The van der Waals surface area contributed by atoms with Crippen molar-refractivity contribution < 1.29 is 14.3 Å². The van der Waals surface area contributed by atoms with E-state index in [1.807, 2.05) is 74.5 Å². The smallest absolute Gasteiger partial charge is 0.338 e. The van der Waals surface area contributed by atoms with Crippen molar-refractivity contribution in [2.75, 3.05) is 11.9 Å². The molecule has 0 aliphatic carbocycles. The van der Waals surface area contributed by atoms with E-state index in [1.54, 1.807) is 24.3 Å². The highest BCUT2D eigenvalue weighted by Gasteiger charge is 2.25. The van der Waals surface area contributed by atoms with E-state index in [0.717, 1.165) is 18.4 Å². The van der Waals surface area contributed by atoms with Gasteiger partial charge in [-0.2, -0.15) is 5.10 Å². The van der Waals surface area contributed by atoms with E-state index in [-0.39, 0.29) is 5.56 Å². The van der Waals surface area contributed by atoms with Crippen molar-refractivity contribution in [3.05, 3.63) is 106 Å². The minimum atomic E-state index is -0.552. The third-order valence-electron chi connectivity index (χ3n) is 5.90. The van der Waals surface area contributed by atoms with Crippen molar-refractivity contribution in [1.82, 2.24) is 9.78 Å². The summed E-state index contributed by atoms with van der Waals surface area (Å²) in [5.41, 5.74) is 2.89. The Hall–Kier alpha value is -4.52. The maximum atomic E-state index is 13.6. The molecule has 4 aromatic rings. The van der Waals surface area contributed by atoms with Crippen LogP contribution in [0.2, 0.25) is 0 Å². The number of nitrogens with one attached hydrogen (secondary N) is 1. The molecule has 0 aliphatic heterocycles. The summed E-state index contributed by atoms with van der Waals surface area (Å²) in [6.07, 6.45) is 1.74. The Bertz CT molecular complexity index is 1430. The normalized spacial score (nSPS) is 10.6. The summed E-state index contributed by atoms with van der Waals surface area (Å²) in [4.78, 5) is 39.3. The number of anilines is 1. The SMILES string of the molecule is CCCCOC(=O)c1ccc(NC(=O)c2c(-c3ccccc3)c(-c3ccccc3)nn(CC)c2=O)cc1. The number of hydrogen-bond acceptors (Lipinski definition) is 5. The molecule has 0 spiro atoms. The first kappa shape index (κ1) is 25.6. The summed E-state index contributed by atoms with van der Waals surface area (Å²) in [6, 6.07) is 25.2. The van der Waals surface area contributed by atoms with Crippen LogP contribution < -0.4 is 10.9 Å². The largest absolute Gasteiger partial charge is 0.462 e. The lowest BCUT2D eigenvalue weighted by atomic mass is 9.95. The van der Waals surface area contributed by atoms with Crippen molar-refractivity contribution >= 4 is 17.6 Å². The number of esters is 1. The lowest BCUT2D eigenvalue weighted by Crippen LogP contribution is -2.32. The number of carbonyl (C=O) groups excluding carboxylic acids is 2.